The molecule has 5 aromatic rings. The highest BCUT2D eigenvalue weighted by atomic mass is 16.6. The summed E-state index contributed by atoms with van der Waals surface area (Å²) in [5.74, 6) is 0. The molecule has 0 saturated carbocycles. The van der Waals surface area contributed by atoms with Gasteiger partial charge in [-0.1, -0.05) is 72.8 Å². The van der Waals surface area contributed by atoms with Crippen molar-refractivity contribution in [2.75, 3.05) is 0 Å². The Morgan fingerprint density at radius 3 is 1.03 bits per heavy atom. The maximum atomic E-state index is 11.0. The van der Waals surface area contributed by atoms with Gasteiger partial charge in [-0.05, 0) is 68.1 Å². The second kappa shape index (κ2) is 9.64. The van der Waals surface area contributed by atoms with Crippen molar-refractivity contribution in [1.29, 1.82) is 0 Å². The van der Waals surface area contributed by atoms with Crippen molar-refractivity contribution >= 4 is 57.2 Å². The summed E-state index contributed by atoms with van der Waals surface area (Å²) in [6.45, 7) is 0. The molecular formula is C30H20N2O4. The number of benzene rings is 5. The molecule has 0 heterocycles. The number of rotatable bonds is 6. The van der Waals surface area contributed by atoms with Crippen molar-refractivity contribution < 1.29 is 9.85 Å². The minimum atomic E-state index is -0.405. The molecule has 0 fully saturated rings. The van der Waals surface area contributed by atoms with Gasteiger partial charge in [0.1, 0.15) is 0 Å². The molecule has 36 heavy (non-hydrogen) atoms. The van der Waals surface area contributed by atoms with Crippen LogP contribution in [0.1, 0.15) is 22.3 Å². The molecule has 0 atom stereocenters. The zero-order valence-corrected chi connectivity index (χ0v) is 19.1. The smallest absolute Gasteiger partial charge is 0.258 e. The Kier molecular flexibility index (Phi) is 6.07. The third-order valence-electron chi connectivity index (χ3n) is 6.11. The van der Waals surface area contributed by atoms with E-state index in [0.29, 0.717) is 0 Å². The molecule has 0 aliphatic carbocycles. The summed E-state index contributed by atoms with van der Waals surface area (Å²) < 4.78 is 0. The summed E-state index contributed by atoms with van der Waals surface area (Å²) in [4.78, 5) is 21.1. The molecule has 0 radical (unpaired) electrons. The SMILES string of the molecule is O=[N+]([O-])c1ccc(C=Cc2c3ccccc3c(C=Cc3ccc([N+](=O)[O-])cc3)c3ccccc23)cc1. The lowest BCUT2D eigenvalue weighted by atomic mass is 9.91. The van der Waals surface area contributed by atoms with Crippen molar-refractivity contribution in [3.05, 3.63) is 140 Å². The number of nitro groups is 2. The van der Waals surface area contributed by atoms with E-state index in [2.05, 4.69) is 36.4 Å². The van der Waals surface area contributed by atoms with Gasteiger partial charge in [0.2, 0.25) is 0 Å². The fraction of sp³-hybridized carbons (Fsp3) is 0. The lowest BCUT2D eigenvalue weighted by molar-refractivity contribution is -0.385. The van der Waals surface area contributed by atoms with Crippen molar-refractivity contribution in [3.63, 3.8) is 0 Å². The highest BCUT2D eigenvalue weighted by molar-refractivity contribution is 6.14. The molecule has 174 valence electrons. The van der Waals surface area contributed by atoms with Crippen molar-refractivity contribution in [2.45, 2.75) is 0 Å². The quantitative estimate of drug-likeness (QED) is 0.108. The first kappa shape index (κ1) is 22.7. The van der Waals surface area contributed by atoms with E-state index in [1.165, 1.54) is 24.3 Å². The minimum absolute atomic E-state index is 0.0622. The lowest BCUT2D eigenvalue weighted by Gasteiger charge is -2.13. The third kappa shape index (κ3) is 4.48. The summed E-state index contributed by atoms with van der Waals surface area (Å²) >= 11 is 0. The minimum Gasteiger partial charge on any atom is -0.258 e. The van der Waals surface area contributed by atoms with Gasteiger partial charge < -0.3 is 0 Å². The highest BCUT2D eigenvalue weighted by Crippen LogP contribution is 2.35. The molecule has 0 N–H and O–H groups in total. The largest absolute Gasteiger partial charge is 0.269 e. The van der Waals surface area contributed by atoms with E-state index >= 15 is 0 Å². The highest BCUT2D eigenvalue weighted by Gasteiger charge is 2.11. The van der Waals surface area contributed by atoms with Gasteiger partial charge in [-0.3, -0.25) is 20.2 Å². The fourth-order valence-electron chi connectivity index (χ4n) is 4.33. The summed E-state index contributed by atoms with van der Waals surface area (Å²) in [5, 5.41) is 26.2. The topological polar surface area (TPSA) is 86.3 Å². The lowest BCUT2D eigenvalue weighted by Crippen LogP contribution is -1.89. The van der Waals surface area contributed by atoms with Crippen molar-refractivity contribution in [2.24, 2.45) is 0 Å². The van der Waals surface area contributed by atoms with Crippen LogP contribution in [0.2, 0.25) is 0 Å². The molecule has 0 saturated heterocycles. The van der Waals surface area contributed by atoms with E-state index in [1.807, 2.05) is 36.4 Å². The average Bonchev–Trinajstić information content (AvgIpc) is 2.91. The van der Waals surface area contributed by atoms with Crippen LogP contribution in [0.15, 0.2) is 97.1 Å². The van der Waals surface area contributed by atoms with Gasteiger partial charge in [-0.15, -0.1) is 0 Å². The second-order valence-electron chi connectivity index (χ2n) is 8.28. The number of fused-ring (bicyclic) bond motifs is 2. The van der Waals surface area contributed by atoms with Gasteiger partial charge in [0.05, 0.1) is 9.85 Å². The normalized spacial score (nSPS) is 11.6. The van der Waals surface area contributed by atoms with E-state index in [4.69, 9.17) is 0 Å². The van der Waals surface area contributed by atoms with E-state index in [-0.39, 0.29) is 11.4 Å². The zero-order chi connectivity index (χ0) is 25.1. The molecule has 0 amide bonds. The Bertz CT molecular complexity index is 1490. The monoisotopic (exact) mass is 472 g/mol. The van der Waals surface area contributed by atoms with E-state index < -0.39 is 9.85 Å². The van der Waals surface area contributed by atoms with Crippen LogP contribution in [0.5, 0.6) is 0 Å². The van der Waals surface area contributed by atoms with Gasteiger partial charge in [0.15, 0.2) is 0 Å². The maximum absolute atomic E-state index is 11.0. The molecule has 0 aliphatic heterocycles. The van der Waals surface area contributed by atoms with Crippen molar-refractivity contribution in [3.8, 4) is 0 Å². The maximum Gasteiger partial charge on any atom is 0.269 e. The van der Waals surface area contributed by atoms with E-state index in [0.717, 1.165) is 43.8 Å². The standard InChI is InChI=1S/C30H20N2O4/c33-31(34)23-15-9-21(10-16-23)13-19-29-25-5-1-2-6-26(25)30(28-8-4-3-7-27(28)29)20-14-22-11-17-24(18-12-22)32(35)36/h1-20H. The fourth-order valence-corrected chi connectivity index (χ4v) is 4.33. The number of nitro benzene ring substituents is 2. The Morgan fingerprint density at radius 1 is 0.444 bits per heavy atom. The van der Waals surface area contributed by atoms with E-state index in [9.17, 15) is 20.2 Å². The Labute approximate surface area is 206 Å². The van der Waals surface area contributed by atoms with Gasteiger partial charge in [-0.25, -0.2) is 0 Å². The second-order valence-corrected chi connectivity index (χ2v) is 8.28. The van der Waals surface area contributed by atoms with Crippen LogP contribution in [0.3, 0.4) is 0 Å². The Morgan fingerprint density at radius 2 is 0.750 bits per heavy atom. The summed E-state index contributed by atoms with van der Waals surface area (Å²) in [7, 11) is 0. The van der Waals surface area contributed by atoms with Crippen LogP contribution in [-0.2, 0) is 0 Å². The summed E-state index contributed by atoms with van der Waals surface area (Å²) in [6, 6.07) is 29.3. The van der Waals surface area contributed by atoms with Crippen LogP contribution in [0.25, 0.3) is 45.8 Å². The van der Waals surface area contributed by atoms with Gasteiger partial charge >= 0.3 is 0 Å². The molecule has 6 heteroatoms. The van der Waals surface area contributed by atoms with Crippen LogP contribution >= 0.6 is 0 Å². The Balaban J connectivity index is 1.62. The molecule has 0 bridgehead atoms. The molecule has 0 aliphatic rings. The van der Waals surface area contributed by atoms with E-state index in [1.54, 1.807) is 24.3 Å². The first-order valence-corrected chi connectivity index (χ1v) is 11.3. The van der Waals surface area contributed by atoms with Gasteiger partial charge in [0.25, 0.3) is 11.4 Å². The third-order valence-corrected chi connectivity index (χ3v) is 6.11. The van der Waals surface area contributed by atoms with Crippen LogP contribution in [0.4, 0.5) is 11.4 Å². The number of nitrogens with zero attached hydrogens (tertiary/aromatic N) is 2. The number of hydrogen-bond donors (Lipinski definition) is 0. The van der Waals surface area contributed by atoms with Gasteiger partial charge in [0, 0.05) is 24.3 Å². The van der Waals surface area contributed by atoms with Gasteiger partial charge in [-0.2, -0.15) is 0 Å². The average molecular weight is 473 g/mol. The summed E-state index contributed by atoms with van der Waals surface area (Å²) in [5.41, 5.74) is 3.99. The predicted molar refractivity (Wildman–Crippen MR) is 146 cm³/mol. The van der Waals surface area contributed by atoms with Crippen LogP contribution in [0, 0.1) is 20.2 Å². The molecule has 5 rings (SSSR count). The van der Waals surface area contributed by atoms with Crippen molar-refractivity contribution in [1.82, 2.24) is 0 Å². The molecule has 0 unspecified atom stereocenters. The molecule has 5 aromatic carbocycles. The molecule has 0 aromatic heterocycles. The predicted octanol–water partition coefficient (Wildman–Crippen LogP) is 8.15. The van der Waals surface area contributed by atoms with Crippen LogP contribution < -0.4 is 0 Å². The number of non-ortho nitro benzene ring substituents is 2. The zero-order valence-electron chi connectivity index (χ0n) is 19.1. The summed E-state index contributed by atoms with van der Waals surface area (Å²) in [6.07, 6.45) is 8.03. The molecular weight excluding hydrogens is 452 g/mol. The molecule has 6 nitrogen and oxygen atoms in total. The first-order chi connectivity index (χ1) is 17.5. The Hall–Kier alpha value is -5.10. The number of hydrogen-bond acceptors (Lipinski definition) is 4. The van der Waals surface area contributed by atoms with Crippen LogP contribution in [-0.4, -0.2) is 9.85 Å². The molecule has 0 spiro atoms. The first-order valence-electron chi connectivity index (χ1n) is 11.3.